The van der Waals surface area contributed by atoms with Gasteiger partial charge in [0.1, 0.15) is 10.6 Å². The molecule has 168 valence electrons. The Kier molecular flexibility index (Phi) is 7.94. The summed E-state index contributed by atoms with van der Waals surface area (Å²) in [6, 6.07) is 11.2. The predicted molar refractivity (Wildman–Crippen MR) is 120 cm³/mol. The molecule has 0 radical (unpaired) electrons. The van der Waals surface area contributed by atoms with E-state index >= 15 is 0 Å². The standard InChI is InChI=1S/C22H27ClN2O5S/c1-16(2)9-12-30-19-6-3-17(4-7-19)22(26)24-18-5-8-20(23)21(15-18)31(27,28)25-10-13-29-14-11-25/h3-8,15-16H,9-14H2,1-2H3,(H,24,26). The molecular formula is C22H27ClN2O5S. The number of hydrogen-bond donors (Lipinski definition) is 1. The Morgan fingerprint density at radius 2 is 1.84 bits per heavy atom. The normalized spacial score (nSPS) is 15.1. The zero-order chi connectivity index (χ0) is 22.4. The minimum atomic E-state index is -3.78. The number of nitrogens with zero attached hydrogens (tertiary/aromatic N) is 1. The molecule has 2 aromatic rings. The van der Waals surface area contributed by atoms with E-state index in [2.05, 4.69) is 19.2 Å². The lowest BCUT2D eigenvalue weighted by Crippen LogP contribution is -2.40. The van der Waals surface area contributed by atoms with Crippen LogP contribution in [0.2, 0.25) is 5.02 Å². The monoisotopic (exact) mass is 466 g/mol. The number of carbonyl (C=O) groups is 1. The van der Waals surface area contributed by atoms with Crippen LogP contribution in [0, 0.1) is 5.92 Å². The number of morpholine rings is 1. The van der Waals surface area contributed by atoms with Crippen LogP contribution in [0.4, 0.5) is 5.69 Å². The summed E-state index contributed by atoms with van der Waals surface area (Å²) in [5.74, 6) is 0.898. The minimum Gasteiger partial charge on any atom is -0.494 e. The fourth-order valence-electron chi connectivity index (χ4n) is 3.02. The lowest BCUT2D eigenvalue weighted by atomic mass is 10.1. The maximum Gasteiger partial charge on any atom is 0.255 e. The molecule has 0 spiro atoms. The molecule has 0 aromatic heterocycles. The van der Waals surface area contributed by atoms with Gasteiger partial charge >= 0.3 is 0 Å². The summed E-state index contributed by atoms with van der Waals surface area (Å²) < 4.78 is 38.1. The quantitative estimate of drug-likeness (QED) is 0.634. The molecule has 0 bridgehead atoms. The summed E-state index contributed by atoms with van der Waals surface area (Å²) in [5.41, 5.74) is 0.780. The number of nitrogens with one attached hydrogen (secondary N) is 1. The van der Waals surface area contributed by atoms with Gasteiger partial charge in [-0.05, 0) is 54.8 Å². The van der Waals surface area contributed by atoms with Gasteiger partial charge < -0.3 is 14.8 Å². The smallest absolute Gasteiger partial charge is 0.255 e. The molecule has 0 saturated carbocycles. The first-order valence-electron chi connectivity index (χ1n) is 10.2. The first kappa shape index (κ1) is 23.5. The average molecular weight is 467 g/mol. The second-order valence-corrected chi connectivity index (χ2v) is 9.98. The highest BCUT2D eigenvalue weighted by atomic mass is 35.5. The van der Waals surface area contributed by atoms with Crippen LogP contribution in [0.3, 0.4) is 0 Å². The van der Waals surface area contributed by atoms with Crippen LogP contribution >= 0.6 is 11.6 Å². The van der Waals surface area contributed by atoms with E-state index < -0.39 is 10.0 Å². The largest absolute Gasteiger partial charge is 0.494 e. The van der Waals surface area contributed by atoms with Gasteiger partial charge in [0.05, 0.1) is 24.8 Å². The second kappa shape index (κ2) is 10.5. The van der Waals surface area contributed by atoms with Gasteiger partial charge in [-0.1, -0.05) is 25.4 Å². The number of sulfonamides is 1. The minimum absolute atomic E-state index is 0.0391. The van der Waals surface area contributed by atoms with Crippen LogP contribution in [-0.2, 0) is 14.8 Å². The molecule has 2 aromatic carbocycles. The Hall–Kier alpha value is -2.13. The van der Waals surface area contributed by atoms with Gasteiger partial charge in [0, 0.05) is 24.3 Å². The van der Waals surface area contributed by atoms with E-state index in [1.165, 1.54) is 16.4 Å². The van der Waals surface area contributed by atoms with E-state index in [-0.39, 0.29) is 28.9 Å². The number of carbonyl (C=O) groups excluding carboxylic acids is 1. The van der Waals surface area contributed by atoms with E-state index in [4.69, 9.17) is 21.1 Å². The van der Waals surface area contributed by atoms with E-state index in [9.17, 15) is 13.2 Å². The van der Waals surface area contributed by atoms with Crippen LogP contribution in [0.1, 0.15) is 30.6 Å². The van der Waals surface area contributed by atoms with Crippen molar-refractivity contribution in [2.75, 3.05) is 38.2 Å². The summed E-state index contributed by atoms with van der Waals surface area (Å²) in [5, 5.41) is 2.84. The molecule has 1 aliphatic rings. The molecule has 0 unspecified atom stereocenters. The zero-order valence-electron chi connectivity index (χ0n) is 17.6. The van der Waals surface area contributed by atoms with Crippen LogP contribution in [-0.4, -0.2) is 51.5 Å². The van der Waals surface area contributed by atoms with Crippen LogP contribution in [0.5, 0.6) is 5.75 Å². The molecular weight excluding hydrogens is 440 g/mol. The molecule has 1 saturated heterocycles. The molecule has 1 aliphatic heterocycles. The lowest BCUT2D eigenvalue weighted by Gasteiger charge is -2.26. The summed E-state index contributed by atoms with van der Waals surface area (Å²) in [4.78, 5) is 12.6. The molecule has 9 heteroatoms. The van der Waals surface area contributed by atoms with Crippen molar-refractivity contribution in [2.45, 2.75) is 25.2 Å². The Balaban J connectivity index is 1.70. The summed E-state index contributed by atoms with van der Waals surface area (Å²) >= 11 is 6.17. The molecule has 0 aliphatic carbocycles. The van der Waals surface area contributed by atoms with Gasteiger partial charge in [-0.2, -0.15) is 4.31 Å². The molecule has 31 heavy (non-hydrogen) atoms. The summed E-state index contributed by atoms with van der Waals surface area (Å²) in [6.07, 6.45) is 0.953. The van der Waals surface area contributed by atoms with E-state index in [0.29, 0.717) is 42.7 Å². The third kappa shape index (κ3) is 6.20. The predicted octanol–water partition coefficient (Wildman–Crippen LogP) is 4.04. The molecule has 0 atom stereocenters. The molecule has 1 heterocycles. The van der Waals surface area contributed by atoms with E-state index in [0.717, 1.165) is 6.42 Å². The van der Waals surface area contributed by atoms with Crippen molar-refractivity contribution in [3.8, 4) is 5.75 Å². The van der Waals surface area contributed by atoms with E-state index in [1.807, 2.05) is 0 Å². The third-order valence-electron chi connectivity index (χ3n) is 4.86. The number of rotatable bonds is 8. The SMILES string of the molecule is CC(C)CCOc1ccc(C(=O)Nc2ccc(Cl)c(S(=O)(=O)N3CCOCC3)c2)cc1. The second-order valence-electron chi connectivity index (χ2n) is 7.67. The number of halogens is 1. The van der Waals surface area contributed by atoms with Crippen LogP contribution in [0.15, 0.2) is 47.4 Å². The number of hydrogen-bond acceptors (Lipinski definition) is 5. The van der Waals surface area contributed by atoms with Gasteiger partial charge in [-0.25, -0.2) is 8.42 Å². The zero-order valence-corrected chi connectivity index (χ0v) is 19.2. The van der Waals surface area contributed by atoms with Gasteiger partial charge in [-0.3, -0.25) is 4.79 Å². The van der Waals surface area contributed by atoms with Gasteiger partial charge in [0.15, 0.2) is 0 Å². The van der Waals surface area contributed by atoms with Crippen molar-refractivity contribution in [3.05, 3.63) is 53.1 Å². The Morgan fingerprint density at radius 1 is 1.16 bits per heavy atom. The third-order valence-corrected chi connectivity index (χ3v) is 7.24. The topological polar surface area (TPSA) is 84.9 Å². The maximum absolute atomic E-state index is 12.9. The first-order valence-corrected chi connectivity index (χ1v) is 12.0. The molecule has 3 rings (SSSR count). The number of benzene rings is 2. The van der Waals surface area contributed by atoms with Crippen molar-refractivity contribution in [1.82, 2.24) is 4.31 Å². The lowest BCUT2D eigenvalue weighted by molar-refractivity contribution is 0.0730. The van der Waals surface area contributed by atoms with Gasteiger partial charge in [-0.15, -0.1) is 0 Å². The maximum atomic E-state index is 12.9. The fraction of sp³-hybridized carbons (Fsp3) is 0.409. The van der Waals surface area contributed by atoms with Crippen molar-refractivity contribution in [2.24, 2.45) is 5.92 Å². The Bertz CT molecular complexity index is 1000. The molecule has 1 fully saturated rings. The van der Waals surface area contributed by atoms with Crippen molar-refractivity contribution >= 4 is 33.2 Å². The average Bonchev–Trinajstić information content (AvgIpc) is 2.76. The number of ether oxygens (including phenoxy) is 2. The van der Waals surface area contributed by atoms with Crippen molar-refractivity contribution in [3.63, 3.8) is 0 Å². The molecule has 7 nitrogen and oxygen atoms in total. The van der Waals surface area contributed by atoms with Crippen LogP contribution < -0.4 is 10.1 Å². The Morgan fingerprint density at radius 3 is 2.48 bits per heavy atom. The highest BCUT2D eigenvalue weighted by Gasteiger charge is 2.28. The van der Waals surface area contributed by atoms with Gasteiger partial charge in [0.2, 0.25) is 10.0 Å². The van der Waals surface area contributed by atoms with Crippen molar-refractivity contribution < 1.29 is 22.7 Å². The van der Waals surface area contributed by atoms with E-state index in [1.54, 1.807) is 30.3 Å². The fourth-order valence-corrected chi connectivity index (χ4v) is 4.93. The molecule has 1 N–H and O–H groups in total. The summed E-state index contributed by atoms with van der Waals surface area (Å²) in [6.45, 7) is 6.08. The van der Waals surface area contributed by atoms with Crippen LogP contribution in [0.25, 0.3) is 0 Å². The highest BCUT2D eigenvalue weighted by Crippen LogP contribution is 2.28. The first-order chi connectivity index (χ1) is 14.8. The Labute approximate surface area is 188 Å². The summed E-state index contributed by atoms with van der Waals surface area (Å²) in [7, 11) is -3.78. The number of anilines is 1. The highest BCUT2D eigenvalue weighted by molar-refractivity contribution is 7.89. The number of amides is 1. The molecule has 1 amide bonds. The van der Waals surface area contributed by atoms with Gasteiger partial charge in [0.25, 0.3) is 5.91 Å². The van der Waals surface area contributed by atoms with Crippen molar-refractivity contribution in [1.29, 1.82) is 0 Å².